The lowest BCUT2D eigenvalue weighted by molar-refractivity contribution is -0.127. The summed E-state index contributed by atoms with van der Waals surface area (Å²) in [5.74, 6) is 1.31. The summed E-state index contributed by atoms with van der Waals surface area (Å²) in [7, 11) is 0. The van der Waals surface area contributed by atoms with Crippen molar-refractivity contribution in [3.63, 3.8) is 0 Å². The molecule has 2 heterocycles. The molecule has 3 rings (SSSR count). The van der Waals surface area contributed by atoms with Crippen molar-refractivity contribution in [2.24, 2.45) is 5.92 Å². The Balaban J connectivity index is 1.60. The first kappa shape index (κ1) is 19.8. The highest BCUT2D eigenvalue weighted by molar-refractivity contribution is 6.30. The number of nitrogens with zero attached hydrogens (tertiary/aromatic N) is 3. The van der Waals surface area contributed by atoms with E-state index in [0.29, 0.717) is 29.3 Å². The normalized spacial score (nSPS) is 20.6. The van der Waals surface area contributed by atoms with Crippen LogP contribution in [0, 0.1) is 5.92 Å². The second kappa shape index (κ2) is 9.33. The van der Waals surface area contributed by atoms with Gasteiger partial charge in [-0.05, 0) is 50.5 Å². The van der Waals surface area contributed by atoms with Gasteiger partial charge in [-0.2, -0.15) is 4.98 Å². The van der Waals surface area contributed by atoms with Crippen LogP contribution >= 0.6 is 11.6 Å². The molecule has 146 valence electrons. The molecule has 1 saturated heterocycles. The number of carbonyl (C=O) groups is 1. The molecule has 2 unspecified atom stereocenters. The Hall–Kier alpha value is -1.92. The van der Waals surface area contributed by atoms with Crippen molar-refractivity contribution in [2.45, 2.75) is 52.1 Å². The third-order valence-electron chi connectivity index (χ3n) is 5.12. The molecule has 2 atom stereocenters. The number of amides is 1. The van der Waals surface area contributed by atoms with Crippen molar-refractivity contribution >= 4 is 17.5 Å². The molecule has 1 amide bonds. The van der Waals surface area contributed by atoms with E-state index in [1.54, 1.807) is 12.1 Å². The van der Waals surface area contributed by atoms with Gasteiger partial charge in [0.2, 0.25) is 17.6 Å². The Kier molecular flexibility index (Phi) is 6.85. The number of nitrogens with one attached hydrogen (secondary N) is 1. The summed E-state index contributed by atoms with van der Waals surface area (Å²) in [5.41, 5.74) is 0.870. The Labute approximate surface area is 165 Å². The van der Waals surface area contributed by atoms with Crippen LogP contribution in [-0.4, -0.2) is 40.1 Å². The molecule has 1 aromatic carbocycles. The maximum absolute atomic E-state index is 12.4. The molecule has 0 aliphatic carbocycles. The Morgan fingerprint density at radius 2 is 2.11 bits per heavy atom. The molecule has 0 bridgehead atoms. The maximum atomic E-state index is 12.4. The first-order valence-electron chi connectivity index (χ1n) is 9.67. The van der Waals surface area contributed by atoms with E-state index in [1.807, 2.05) is 12.1 Å². The average Bonchev–Trinajstić information content (AvgIpc) is 3.13. The fourth-order valence-electron chi connectivity index (χ4n) is 3.36. The van der Waals surface area contributed by atoms with Gasteiger partial charge in [0.25, 0.3) is 0 Å². The van der Waals surface area contributed by atoms with Crippen molar-refractivity contribution < 1.29 is 9.32 Å². The number of likely N-dealkylation sites (tertiary alicyclic amines) is 1. The minimum Gasteiger partial charge on any atom is -0.356 e. The average molecular weight is 391 g/mol. The second-order valence-electron chi connectivity index (χ2n) is 7.22. The third-order valence-corrected chi connectivity index (χ3v) is 5.37. The zero-order chi connectivity index (χ0) is 19.2. The fourth-order valence-corrected chi connectivity index (χ4v) is 3.48. The standard InChI is InChI=1S/C20H27ClN4O2/c1-3-4-11-22-20(26)16-6-5-14(2)25(12-16)13-18-23-19(24-27-18)15-7-9-17(21)10-8-15/h7-10,14,16H,3-6,11-13H2,1-2H3,(H,22,26). The number of aromatic nitrogens is 2. The van der Waals surface area contributed by atoms with E-state index in [1.165, 1.54) is 0 Å². The number of benzene rings is 1. The number of hydrogen-bond acceptors (Lipinski definition) is 5. The lowest BCUT2D eigenvalue weighted by Gasteiger charge is -2.36. The maximum Gasteiger partial charge on any atom is 0.241 e. The summed E-state index contributed by atoms with van der Waals surface area (Å²) in [6.45, 7) is 6.34. The lowest BCUT2D eigenvalue weighted by atomic mass is 9.92. The van der Waals surface area contributed by atoms with Crippen LogP contribution in [0.2, 0.25) is 5.02 Å². The molecule has 1 fully saturated rings. The molecule has 2 aromatic rings. The molecule has 1 aromatic heterocycles. The van der Waals surface area contributed by atoms with Crippen LogP contribution in [0.3, 0.4) is 0 Å². The highest BCUT2D eigenvalue weighted by Crippen LogP contribution is 2.25. The SMILES string of the molecule is CCCCNC(=O)C1CCC(C)N(Cc2nc(-c3ccc(Cl)cc3)no2)C1. The van der Waals surface area contributed by atoms with Crippen LogP contribution < -0.4 is 5.32 Å². The predicted molar refractivity (Wildman–Crippen MR) is 105 cm³/mol. The molecular weight excluding hydrogens is 364 g/mol. The van der Waals surface area contributed by atoms with Gasteiger partial charge >= 0.3 is 0 Å². The molecule has 1 aliphatic rings. The molecule has 1 aliphatic heterocycles. The fraction of sp³-hybridized carbons (Fsp3) is 0.550. The van der Waals surface area contributed by atoms with E-state index in [4.69, 9.17) is 16.1 Å². The molecule has 0 radical (unpaired) electrons. The smallest absolute Gasteiger partial charge is 0.241 e. The van der Waals surface area contributed by atoms with E-state index in [0.717, 1.165) is 44.3 Å². The number of halogens is 1. The second-order valence-corrected chi connectivity index (χ2v) is 7.65. The zero-order valence-corrected chi connectivity index (χ0v) is 16.7. The van der Waals surface area contributed by atoms with Gasteiger partial charge in [0.05, 0.1) is 12.5 Å². The van der Waals surface area contributed by atoms with Gasteiger partial charge in [-0.15, -0.1) is 0 Å². The number of piperidine rings is 1. The molecule has 27 heavy (non-hydrogen) atoms. The third kappa shape index (κ3) is 5.30. The van der Waals surface area contributed by atoms with Crippen LogP contribution in [0.1, 0.15) is 45.4 Å². The van der Waals surface area contributed by atoms with Gasteiger partial charge in [-0.1, -0.05) is 30.1 Å². The van der Waals surface area contributed by atoms with Gasteiger partial charge in [0, 0.05) is 29.7 Å². The van der Waals surface area contributed by atoms with Gasteiger partial charge in [0.15, 0.2) is 0 Å². The summed E-state index contributed by atoms with van der Waals surface area (Å²) in [6.07, 6.45) is 4.02. The van der Waals surface area contributed by atoms with Crippen LogP contribution in [-0.2, 0) is 11.3 Å². The first-order chi connectivity index (χ1) is 13.1. The Morgan fingerprint density at radius 1 is 1.33 bits per heavy atom. The van der Waals surface area contributed by atoms with E-state index in [-0.39, 0.29) is 11.8 Å². The summed E-state index contributed by atoms with van der Waals surface area (Å²) in [4.78, 5) is 19.2. The summed E-state index contributed by atoms with van der Waals surface area (Å²) in [5, 5.41) is 7.80. The molecule has 0 saturated carbocycles. The quantitative estimate of drug-likeness (QED) is 0.726. The van der Waals surface area contributed by atoms with E-state index in [2.05, 4.69) is 34.2 Å². The summed E-state index contributed by atoms with van der Waals surface area (Å²) >= 11 is 5.92. The topological polar surface area (TPSA) is 71.3 Å². The van der Waals surface area contributed by atoms with Crippen molar-refractivity contribution in [3.05, 3.63) is 35.2 Å². The van der Waals surface area contributed by atoms with Gasteiger partial charge in [-0.3, -0.25) is 9.69 Å². The predicted octanol–water partition coefficient (Wildman–Crippen LogP) is 3.91. The zero-order valence-electron chi connectivity index (χ0n) is 15.9. The molecule has 7 heteroatoms. The minimum atomic E-state index is 0.0247. The molecule has 0 spiro atoms. The minimum absolute atomic E-state index is 0.0247. The number of hydrogen-bond donors (Lipinski definition) is 1. The van der Waals surface area contributed by atoms with Crippen molar-refractivity contribution in [1.29, 1.82) is 0 Å². The highest BCUT2D eigenvalue weighted by atomic mass is 35.5. The van der Waals surface area contributed by atoms with Gasteiger partial charge in [-0.25, -0.2) is 0 Å². The van der Waals surface area contributed by atoms with Crippen LogP contribution in [0.25, 0.3) is 11.4 Å². The monoisotopic (exact) mass is 390 g/mol. The summed E-state index contributed by atoms with van der Waals surface area (Å²) < 4.78 is 5.44. The van der Waals surface area contributed by atoms with E-state index >= 15 is 0 Å². The first-order valence-corrected chi connectivity index (χ1v) is 10.0. The van der Waals surface area contributed by atoms with Gasteiger partial charge < -0.3 is 9.84 Å². The van der Waals surface area contributed by atoms with E-state index < -0.39 is 0 Å². The Morgan fingerprint density at radius 3 is 2.85 bits per heavy atom. The number of carbonyl (C=O) groups excluding carboxylic acids is 1. The number of rotatable bonds is 7. The van der Waals surface area contributed by atoms with Crippen molar-refractivity contribution in [3.8, 4) is 11.4 Å². The lowest BCUT2D eigenvalue weighted by Crippen LogP contribution is -2.46. The van der Waals surface area contributed by atoms with Crippen LogP contribution in [0.5, 0.6) is 0 Å². The Bertz CT molecular complexity index is 747. The molecule has 6 nitrogen and oxygen atoms in total. The van der Waals surface area contributed by atoms with Crippen molar-refractivity contribution in [2.75, 3.05) is 13.1 Å². The largest absolute Gasteiger partial charge is 0.356 e. The highest BCUT2D eigenvalue weighted by Gasteiger charge is 2.30. The molecule has 1 N–H and O–H groups in total. The summed E-state index contributed by atoms with van der Waals surface area (Å²) in [6, 6.07) is 7.74. The van der Waals surface area contributed by atoms with E-state index in [9.17, 15) is 4.79 Å². The van der Waals surface area contributed by atoms with Crippen molar-refractivity contribution in [1.82, 2.24) is 20.4 Å². The molecular formula is C20H27ClN4O2. The van der Waals surface area contributed by atoms with Crippen LogP contribution in [0.4, 0.5) is 0 Å². The number of unbranched alkanes of at least 4 members (excludes halogenated alkanes) is 1. The van der Waals surface area contributed by atoms with Crippen LogP contribution in [0.15, 0.2) is 28.8 Å². The van der Waals surface area contributed by atoms with Gasteiger partial charge in [0.1, 0.15) is 0 Å².